The summed E-state index contributed by atoms with van der Waals surface area (Å²) in [7, 11) is -3.00. The Bertz CT molecular complexity index is 587. The third-order valence-electron chi connectivity index (χ3n) is 2.93. The number of ether oxygens (including phenoxy) is 1. The number of aryl methyl sites for hydroxylation is 1. The first-order valence-electron chi connectivity index (χ1n) is 7.29. The Kier molecular flexibility index (Phi) is 6.40. The summed E-state index contributed by atoms with van der Waals surface area (Å²) in [5.41, 5.74) is 0.350. The predicted octanol–water partition coefficient (Wildman–Crippen LogP) is 1.38. The molecule has 0 radical (unpaired) electrons. The van der Waals surface area contributed by atoms with Gasteiger partial charge in [-0.2, -0.15) is 0 Å². The fraction of sp³-hybridized carbons (Fsp3) is 0.714. The number of rotatable bonds is 7. The molecule has 0 saturated heterocycles. The second kappa shape index (κ2) is 7.62. The first kappa shape index (κ1) is 18.5. The van der Waals surface area contributed by atoms with Crippen LogP contribution in [0.4, 0.5) is 4.79 Å². The molecule has 0 aromatic carbocycles. The van der Waals surface area contributed by atoms with Crippen molar-refractivity contribution >= 4 is 15.9 Å². The molecule has 1 heterocycles. The van der Waals surface area contributed by atoms with Crippen molar-refractivity contribution in [2.75, 3.05) is 18.1 Å². The summed E-state index contributed by atoms with van der Waals surface area (Å²) in [5.74, 6) is 0.226. The van der Waals surface area contributed by atoms with Gasteiger partial charge in [-0.25, -0.2) is 18.2 Å². The first-order chi connectivity index (χ1) is 10.1. The van der Waals surface area contributed by atoms with Crippen molar-refractivity contribution in [3.8, 4) is 0 Å². The number of hydrogen-bond acceptors (Lipinski definition) is 5. The maximum absolute atomic E-state index is 11.5. The van der Waals surface area contributed by atoms with Gasteiger partial charge in [-0.15, -0.1) is 0 Å². The summed E-state index contributed by atoms with van der Waals surface area (Å²) in [6.45, 7) is 7.81. The minimum atomic E-state index is -3.00. The van der Waals surface area contributed by atoms with E-state index in [1.807, 2.05) is 0 Å². The Morgan fingerprint density at radius 2 is 2.09 bits per heavy atom. The van der Waals surface area contributed by atoms with Crippen LogP contribution in [-0.2, 0) is 27.5 Å². The van der Waals surface area contributed by atoms with Gasteiger partial charge in [0, 0.05) is 37.2 Å². The van der Waals surface area contributed by atoms with Gasteiger partial charge in [0.05, 0.1) is 12.1 Å². The average Bonchev–Trinajstić information content (AvgIpc) is 2.82. The molecule has 0 unspecified atom stereocenters. The molecule has 22 heavy (non-hydrogen) atoms. The smallest absolute Gasteiger partial charge is 0.407 e. The second-order valence-corrected chi connectivity index (χ2v) is 8.47. The Balaban J connectivity index is 2.45. The van der Waals surface area contributed by atoms with Gasteiger partial charge in [0.2, 0.25) is 0 Å². The van der Waals surface area contributed by atoms with E-state index in [-0.39, 0.29) is 11.5 Å². The van der Waals surface area contributed by atoms with Crippen molar-refractivity contribution in [3.05, 3.63) is 18.2 Å². The normalized spacial score (nSPS) is 12.2. The van der Waals surface area contributed by atoms with Crippen LogP contribution < -0.4 is 5.32 Å². The van der Waals surface area contributed by atoms with Crippen molar-refractivity contribution in [2.24, 2.45) is 0 Å². The average molecular weight is 331 g/mol. The molecule has 7 nitrogen and oxygen atoms in total. The number of aromatic nitrogens is 2. The van der Waals surface area contributed by atoms with E-state index < -0.39 is 21.5 Å². The highest BCUT2D eigenvalue weighted by molar-refractivity contribution is 7.91. The van der Waals surface area contributed by atoms with Crippen LogP contribution in [0.3, 0.4) is 0 Å². The molecule has 0 bridgehead atoms. The standard InChI is InChI=1S/C14H25N3O4S/c1-5-22(19,20)9-8-17-11-15-10-12(17)6-7-16-13(18)21-14(2,3)4/h10-11H,5-9H2,1-4H3,(H,16,18). The number of nitrogens with zero attached hydrogens (tertiary/aromatic N) is 2. The zero-order valence-corrected chi connectivity index (χ0v) is 14.4. The van der Waals surface area contributed by atoms with E-state index in [9.17, 15) is 13.2 Å². The first-order valence-corrected chi connectivity index (χ1v) is 9.11. The van der Waals surface area contributed by atoms with Crippen LogP contribution in [0.5, 0.6) is 0 Å². The van der Waals surface area contributed by atoms with E-state index in [4.69, 9.17) is 4.74 Å². The van der Waals surface area contributed by atoms with Crippen LogP contribution >= 0.6 is 0 Å². The number of carbonyl (C=O) groups is 1. The lowest BCUT2D eigenvalue weighted by atomic mass is 10.2. The molecule has 0 aliphatic rings. The van der Waals surface area contributed by atoms with Crippen LogP contribution in [0, 0.1) is 0 Å². The van der Waals surface area contributed by atoms with Gasteiger partial charge in [0.25, 0.3) is 0 Å². The van der Waals surface area contributed by atoms with Crippen molar-refractivity contribution in [2.45, 2.75) is 46.3 Å². The van der Waals surface area contributed by atoms with Crippen molar-refractivity contribution in [1.29, 1.82) is 0 Å². The molecule has 1 aromatic heterocycles. The molecule has 1 N–H and O–H groups in total. The third-order valence-corrected chi connectivity index (χ3v) is 4.62. The highest BCUT2D eigenvalue weighted by Crippen LogP contribution is 2.06. The van der Waals surface area contributed by atoms with Crippen LogP contribution in [0.1, 0.15) is 33.4 Å². The Morgan fingerprint density at radius 1 is 1.41 bits per heavy atom. The summed E-state index contributed by atoms with van der Waals surface area (Å²) in [6, 6.07) is 0. The molecule has 0 atom stereocenters. The summed E-state index contributed by atoms with van der Waals surface area (Å²) in [4.78, 5) is 15.6. The molecule has 0 saturated carbocycles. The maximum atomic E-state index is 11.5. The molecule has 1 amide bonds. The van der Waals surface area contributed by atoms with E-state index in [2.05, 4.69) is 10.3 Å². The topological polar surface area (TPSA) is 90.3 Å². The SMILES string of the molecule is CCS(=O)(=O)CCn1cncc1CCNC(=O)OC(C)(C)C. The Labute approximate surface area is 132 Å². The molecule has 0 fully saturated rings. The van der Waals surface area contributed by atoms with Gasteiger partial charge in [-0.05, 0) is 20.8 Å². The van der Waals surface area contributed by atoms with E-state index in [0.717, 1.165) is 5.69 Å². The quantitative estimate of drug-likeness (QED) is 0.815. The molecular formula is C14H25N3O4S. The number of nitrogens with one attached hydrogen (secondary N) is 1. The second-order valence-electron chi connectivity index (χ2n) is 5.99. The number of sulfone groups is 1. The molecule has 1 rings (SSSR count). The van der Waals surface area contributed by atoms with Crippen LogP contribution in [0.15, 0.2) is 12.5 Å². The van der Waals surface area contributed by atoms with E-state index in [1.165, 1.54) is 0 Å². The monoisotopic (exact) mass is 331 g/mol. The van der Waals surface area contributed by atoms with Crippen LogP contribution in [0.25, 0.3) is 0 Å². The van der Waals surface area contributed by atoms with Gasteiger partial charge in [-0.1, -0.05) is 6.92 Å². The highest BCUT2D eigenvalue weighted by Gasteiger charge is 2.16. The predicted molar refractivity (Wildman–Crippen MR) is 84.5 cm³/mol. The maximum Gasteiger partial charge on any atom is 0.407 e. The van der Waals surface area contributed by atoms with E-state index in [0.29, 0.717) is 19.5 Å². The fourth-order valence-corrected chi connectivity index (χ4v) is 2.51. The van der Waals surface area contributed by atoms with Gasteiger partial charge in [-0.3, -0.25) is 0 Å². The fourth-order valence-electron chi connectivity index (χ4n) is 1.75. The number of amides is 1. The molecule has 0 aliphatic heterocycles. The number of hydrogen-bond donors (Lipinski definition) is 1. The molecule has 0 aliphatic carbocycles. The summed E-state index contributed by atoms with van der Waals surface area (Å²) < 4.78 is 30.0. The minimum absolute atomic E-state index is 0.0896. The molecule has 1 aromatic rings. The zero-order chi connectivity index (χ0) is 16.8. The van der Waals surface area contributed by atoms with Crippen molar-refractivity contribution in [1.82, 2.24) is 14.9 Å². The summed E-state index contributed by atoms with van der Waals surface area (Å²) in [5, 5.41) is 2.67. The summed E-state index contributed by atoms with van der Waals surface area (Å²) in [6.07, 6.45) is 3.38. The van der Waals surface area contributed by atoms with E-state index >= 15 is 0 Å². The zero-order valence-electron chi connectivity index (χ0n) is 13.6. The third kappa shape index (κ3) is 6.93. The largest absolute Gasteiger partial charge is 0.444 e. The lowest BCUT2D eigenvalue weighted by Crippen LogP contribution is -2.33. The van der Waals surface area contributed by atoms with Crippen LogP contribution in [-0.4, -0.2) is 47.7 Å². The van der Waals surface area contributed by atoms with Gasteiger partial charge in [0.15, 0.2) is 9.84 Å². The Morgan fingerprint density at radius 3 is 2.68 bits per heavy atom. The minimum Gasteiger partial charge on any atom is -0.444 e. The van der Waals surface area contributed by atoms with Crippen LogP contribution in [0.2, 0.25) is 0 Å². The highest BCUT2D eigenvalue weighted by atomic mass is 32.2. The van der Waals surface area contributed by atoms with E-state index in [1.54, 1.807) is 44.8 Å². The lowest BCUT2D eigenvalue weighted by Gasteiger charge is -2.19. The molecule has 126 valence electrons. The number of imidazole rings is 1. The lowest BCUT2D eigenvalue weighted by molar-refractivity contribution is 0.0528. The molecule has 0 spiro atoms. The van der Waals surface area contributed by atoms with Gasteiger partial charge >= 0.3 is 6.09 Å². The number of alkyl carbamates (subject to hydrolysis) is 1. The van der Waals surface area contributed by atoms with Gasteiger partial charge in [0.1, 0.15) is 5.60 Å². The summed E-state index contributed by atoms with van der Waals surface area (Å²) >= 11 is 0. The van der Waals surface area contributed by atoms with Crippen molar-refractivity contribution < 1.29 is 17.9 Å². The van der Waals surface area contributed by atoms with Crippen molar-refractivity contribution in [3.63, 3.8) is 0 Å². The molecular weight excluding hydrogens is 306 g/mol. The van der Waals surface area contributed by atoms with Gasteiger partial charge < -0.3 is 14.6 Å². The molecule has 8 heteroatoms. The Hall–Kier alpha value is -1.57. The number of carbonyl (C=O) groups excluding carboxylic acids is 1.